The minimum absolute atomic E-state index is 0.0883. The average molecular weight is 333 g/mol. The van der Waals surface area contributed by atoms with Gasteiger partial charge in [0.1, 0.15) is 10.6 Å². The largest absolute Gasteiger partial charge is 0.495 e. The molecular formula is C13H17BrO3S. The van der Waals surface area contributed by atoms with E-state index in [-0.39, 0.29) is 10.6 Å². The van der Waals surface area contributed by atoms with Gasteiger partial charge in [-0.3, -0.25) is 0 Å². The molecule has 0 saturated carbocycles. The molecule has 0 spiro atoms. The summed E-state index contributed by atoms with van der Waals surface area (Å²) in [5.41, 5.74) is 1.12. The SMILES string of the molecule is COc1ccc(Br)cc1S(=O)(=O)CCC=C(C)C. The van der Waals surface area contributed by atoms with Crippen molar-refractivity contribution in [2.75, 3.05) is 12.9 Å². The lowest BCUT2D eigenvalue weighted by Crippen LogP contribution is -2.08. The number of hydrogen-bond donors (Lipinski definition) is 0. The Bertz CT molecular complexity index is 543. The smallest absolute Gasteiger partial charge is 0.182 e. The van der Waals surface area contributed by atoms with Gasteiger partial charge in [-0.1, -0.05) is 27.6 Å². The van der Waals surface area contributed by atoms with Gasteiger partial charge in [-0.25, -0.2) is 8.42 Å². The van der Waals surface area contributed by atoms with Crippen LogP contribution in [-0.2, 0) is 9.84 Å². The molecule has 3 nitrogen and oxygen atoms in total. The van der Waals surface area contributed by atoms with Gasteiger partial charge >= 0.3 is 0 Å². The van der Waals surface area contributed by atoms with Crippen molar-refractivity contribution in [1.82, 2.24) is 0 Å². The molecule has 0 radical (unpaired) electrons. The standard InChI is InChI=1S/C13H17BrO3S/c1-10(2)5-4-8-18(15,16)13-9-11(14)6-7-12(13)17-3/h5-7,9H,4,8H2,1-3H3. The van der Waals surface area contributed by atoms with Crippen molar-refractivity contribution in [2.45, 2.75) is 25.2 Å². The molecule has 1 aromatic rings. The Kier molecular flexibility index (Phi) is 5.41. The highest BCUT2D eigenvalue weighted by molar-refractivity contribution is 9.10. The molecule has 0 aliphatic heterocycles. The second kappa shape index (κ2) is 6.38. The third-order valence-electron chi connectivity index (χ3n) is 2.40. The van der Waals surface area contributed by atoms with Crippen LogP contribution in [-0.4, -0.2) is 21.3 Å². The molecule has 0 saturated heterocycles. The van der Waals surface area contributed by atoms with E-state index in [0.29, 0.717) is 12.2 Å². The Balaban J connectivity index is 3.04. The van der Waals surface area contributed by atoms with Gasteiger partial charge in [0.25, 0.3) is 0 Å². The van der Waals surface area contributed by atoms with Crippen LogP contribution in [0.15, 0.2) is 39.2 Å². The Labute approximate surface area is 117 Å². The van der Waals surface area contributed by atoms with Crippen molar-refractivity contribution in [3.8, 4) is 5.75 Å². The molecule has 0 aliphatic rings. The van der Waals surface area contributed by atoms with Crippen molar-refractivity contribution in [3.63, 3.8) is 0 Å². The zero-order valence-corrected chi connectivity index (χ0v) is 13.1. The molecule has 0 aromatic heterocycles. The van der Waals surface area contributed by atoms with Crippen LogP contribution < -0.4 is 4.74 Å². The molecule has 0 heterocycles. The molecular weight excluding hydrogens is 316 g/mol. The maximum absolute atomic E-state index is 12.2. The highest BCUT2D eigenvalue weighted by Gasteiger charge is 2.19. The lowest BCUT2D eigenvalue weighted by atomic mass is 10.3. The number of allylic oxidation sites excluding steroid dienone is 2. The molecule has 0 fully saturated rings. The Hall–Kier alpha value is -0.810. The molecule has 100 valence electrons. The van der Waals surface area contributed by atoms with Crippen molar-refractivity contribution in [2.24, 2.45) is 0 Å². The molecule has 18 heavy (non-hydrogen) atoms. The number of ether oxygens (including phenoxy) is 1. The zero-order chi connectivity index (χ0) is 13.8. The van der Waals surface area contributed by atoms with E-state index in [1.807, 2.05) is 19.9 Å². The zero-order valence-electron chi connectivity index (χ0n) is 10.7. The maximum atomic E-state index is 12.2. The van der Waals surface area contributed by atoms with Crippen molar-refractivity contribution in [3.05, 3.63) is 34.3 Å². The molecule has 1 rings (SSSR count). The fourth-order valence-corrected chi connectivity index (χ4v) is 3.43. The Morgan fingerprint density at radius 2 is 2.06 bits per heavy atom. The van der Waals surface area contributed by atoms with Gasteiger partial charge in [0, 0.05) is 4.47 Å². The first-order valence-corrected chi connectivity index (χ1v) is 8.01. The van der Waals surface area contributed by atoms with Gasteiger partial charge in [0.15, 0.2) is 9.84 Å². The average Bonchev–Trinajstić information content (AvgIpc) is 2.28. The Morgan fingerprint density at radius 1 is 1.39 bits per heavy atom. The molecule has 0 bridgehead atoms. The van der Waals surface area contributed by atoms with Crippen molar-refractivity contribution >= 4 is 25.8 Å². The maximum Gasteiger partial charge on any atom is 0.182 e. The summed E-state index contributed by atoms with van der Waals surface area (Å²) in [6, 6.07) is 4.99. The van der Waals surface area contributed by atoms with Crippen molar-refractivity contribution in [1.29, 1.82) is 0 Å². The van der Waals surface area contributed by atoms with E-state index in [1.165, 1.54) is 7.11 Å². The van der Waals surface area contributed by atoms with Crippen LogP contribution in [0.4, 0.5) is 0 Å². The Morgan fingerprint density at radius 3 is 2.61 bits per heavy atom. The summed E-state index contributed by atoms with van der Waals surface area (Å²) in [4.78, 5) is 0.238. The van der Waals surface area contributed by atoms with Crippen LogP contribution in [0.3, 0.4) is 0 Å². The van der Waals surface area contributed by atoms with Gasteiger partial charge in [-0.05, 0) is 38.5 Å². The van der Waals surface area contributed by atoms with Crippen LogP contribution in [0.25, 0.3) is 0 Å². The first-order valence-electron chi connectivity index (χ1n) is 5.56. The first-order chi connectivity index (χ1) is 8.36. The number of benzene rings is 1. The number of rotatable bonds is 5. The summed E-state index contributed by atoms with van der Waals surface area (Å²) in [7, 11) is -1.85. The van der Waals surface area contributed by atoms with E-state index in [4.69, 9.17) is 4.74 Å². The molecule has 1 aromatic carbocycles. The first kappa shape index (κ1) is 15.2. The van der Waals surface area contributed by atoms with Gasteiger partial charge < -0.3 is 4.74 Å². The van der Waals surface area contributed by atoms with Crippen LogP contribution in [0.2, 0.25) is 0 Å². The van der Waals surface area contributed by atoms with Crippen LogP contribution in [0.5, 0.6) is 5.75 Å². The number of hydrogen-bond acceptors (Lipinski definition) is 3. The highest BCUT2D eigenvalue weighted by Crippen LogP contribution is 2.28. The summed E-state index contributed by atoms with van der Waals surface area (Å²) in [5.74, 6) is 0.473. The van der Waals surface area contributed by atoms with Crippen LogP contribution in [0, 0.1) is 0 Å². The summed E-state index contributed by atoms with van der Waals surface area (Å²) in [6.45, 7) is 3.90. The summed E-state index contributed by atoms with van der Waals surface area (Å²) in [5, 5.41) is 0. The van der Waals surface area contributed by atoms with Crippen molar-refractivity contribution < 1.29 is 13.2 Å². The van der Waals surface area contributed by atoms with Gasteiger partial charge in [-0.15, -0.1) is 0 Å². The quantitative estimate of drug-likeness (QED) is 0.774. The van der Waals surface area contributed by atoms with Gasteiger partial charge in [0.2, 0.25) is 0 Å². The molecule has 0 atom stereocenters. The van der Waals surface area contributed by atoms with Crippen LogP contribution >= 0.6 is 15.9 Å². The fraction of sp³-hybridized carbons (Fsp3) is 0.385. The minimum Gasteiger partial charge on any atom is -0.495 e. The predicted octanol–water partition coefficient (Wildman–Crippen LogP) is 3.59. The lowest BCUT2D eigenvalue weighted by Gasteiger charge is -2.09. The molecule has 0 N–H and O–H groups in total. The number of halogens is 1. The van der Waals surface area contributed by atoms with E-state index in [9.17, 15) is 8.42 Å². The monoisotopic (exact) mass is 332 g/mol. The van der Waals surface area contributed by atoms with E-state index < -0.39 is 9.84 Å². The molecule has 0 unspecified atom stereocenters. The third kappa shape index (κ3) is 4.14. The van der Waals surface area contributed by atoms with E-state index >= 15 is 0 Å². The minimum atomic E-state index is -3.32. The number of methoxy groups -OCH3 is 1. The second-order valence-electron chi connectivity index (χ2n) is 4.18. The molecule has 0 amide bonds. The molecule has 5 heteroatoms. The topological polar surface area (TPSA) is 43.4 Å². The van der Waals surface area contributed by atoms with Crippen LogP contribution in [0.1, 0.15) is 20.3 Å². The second-order valence-corrected chi connectivity index (χ2v) is 7.18. The highest BCUT2D eigenvalue weighted by atomic mass is 79.9. The molecule has 0 aliphatic carbocycles. The lowest BCUT2D eigenvalue weighted by molar-refractivity contribution is 0.402. The van der Waals surface area contributed by atoms with Gasteiger partial charge in [-0.2, -0.15) is 0 Å². The van der Waals surface area contributed by atoms with E-state index in [2.05, 4.69) is 15.9 Å². The van der Waals surface area contributed by atoms with E-state index in [1.54, 1.807) is 18.2 Å². The summed E-state index contributed by atoms with van der Waals surface area (Å²) >= 11 is 3.28. The normalized spacial score (nSPS) is 11.1. The fourth-order valence-electron chi connectivity index (χ4n) is 1.51. The third-order valence-corrected chi connectivity index (χ3v) is 4.66. The van der Waals surface area contributed by atoms with Gasteiger partial charge in [0.05, 0.1) is 12.9 Å². The van der Waals surface area contributed by atoms with E-state index in [0.717, 1.165) is 10.0 Å². The summed E-state index contributed by atoms with van der Waals surface area (Å²) < 4.78 is 30.3. The number of sulfone groups is 1. The predicted molar refractivity (Wildman–Crippen MR) is 76.8 cm³/mol. The summed E-state index contributed by atoms with van der Waals surface area (Å²) in [6.07, 6.45) is 2.43.